The van der Waals surface area contributed by atoms with E-state index in [4.69, 9.17) is 8.92 Å². The summed E-state index contributed by atoms with van der Waals surface area (Å²) in [6.45, 7) is 12.8. The summed E-state index contributed by atoms with van der Waals surface area (Å²) in [5.41, 5.74) is -0.916. The van der Waals surface area contributed by atoms with Crippen LogP contribution < -0.4 is 0 Å². The number of hydrogen-bond acceptors (Lipinski definition) is 4. The molecule has 0 unspecified atom stereocenters. The average Bonchev–Trinajstić information content (AvgIpc) is 2.38. The van der Waals surface area contributed by atoms with E-state index in [2.05, 4.69) is 27.7 Å². The van der Waals surface area contributed by atoms with E-state index in [9.17, 15) is 8.42 Å². The van der Waals surface area contributed by atoms with Crippen LogP contribution in [-0.2, 0) is 19.0 Å². The van der Waals surface area contributed by atoms with Gasteiger partial charge in [0.25, 0.3) is 10.1 Å². The maximum absolute atomic E-state index is 11.3. The molecule has 0 aliphatic rings. The molecule has 0 amide bonds. The van der Waals surface area contributed by atoms with Gasteiger partial charge in [0.15, 0.2) is 0 Å². The Morgan fingerprint density at radius 3 is 2.08 bits per heavy atom. The Hall–Kier alpha value is -0.130. The van der Waals surface area contributed by atoms with Crippen molar-refractivity contribution in [1.29, 1.82) is 0 Å². The second kappa shape index (κ2) is 10.8. The molecule has 0 fully saturated rings. The van der Waals surface area contributed by atoms with Gasteiger partial charge < -0.3 is 4.74 Å². The highest BCUT2D eigenvalue weighted by molar-refractivity contribution is 7.86. The molecule has 5 heteroatoms. The van der Waals surface area contributed by atoms with E-state index in [0.29, 0.717) is 18.9 Å². The predicted molar refractivity (Wildman–Crippen MR) is 102 cm³/mol. The first-order valence-corrected chi connectivity index (χ1v) is 11.3. The van der Waals surface area contributed by atoms with E-state index < -0.39 is 15.7 Å². The third kappa shape index (κ3) is 13.2. The third-order valence-electron chi connectivity index (χ3n) is 4.40. The van der Waals surface area contributed by atoms with Gasteiger partial charge in [-0.05, 0) is 40.0 Å². The zero-order valence-electron chi connectivity index (χ0n) is 17.0. The molecule has 0 radical (unpaired) electrons. The number of unbranched alkanes of at least 4 members (excludes halogenated alkanes) is 3. The third-order valence-corrected chi connectivity index (χ3v) is 5.15. The molecule has 146 valence electrons. The molecule has 0 aromatic heterocycles. The van der Waals surface area contributed by atoms with Gasteiger partial charge in [-0.3, -0.25) is 4.18 Å². The standard InChI is InChI=1S/C19H40O4S/c1-8-10-11-12-13-17(9-2)16-19(5,6)22-15-14-18(3,4)23-24(7,20)21/h17H,8-16H2,1-7H3/t17-/m0/s1. The Kier molecular flexibility index (Phi) is 10.7. The Balaban J connectivity index is 4.27. The fourth-order valence-corrected chi connectivity index (χ4v) is 3.99. The second-order valence-electron chi connectivity index (χ2n) is 8.23. The molecule has 0 aromatic carbocycles. The average molecular weight is 365 g/mol. The van der Waals surface area contributed by atoms with Gasteiger partial charge in [0.1, 0.15) is 0 Å². The highest BCUT2D eigenvalue weighted by Crippen LogP contribution is 2.28. The fraction of sp³-hybridized carbons (Fsp3) is 1.00. The molecule has 0 spiro atoms. The lowest BCUT2D eigenvalue weighted by atomic mass is 9.87. The number of rotatable bonds is 14. The minimum Gasteiger partial charge on any atom is -0.375 e. The van der Waals surface area contributed by atoms with E-state index in [-0.39, 0.29) is 5.60 Å². The Morgan fingerprint density at radius 1 is 0.958 bits per heavy atom. The largest absolute Gasteiger partial charge is 0.375 e. The summed E-state index contributed by atoms with van der Waals surface area (Å²) in [4.78, 5) is 0. The Labute approximate surface area is 150 Å². The normalized spacial score (nSPS) is 14.8. The van der Waals surface area contributed by atoms with Crippen LogP contribution in [0.1, 0.15) is 92.9 Å². The molecule has 0 bridgehead atoms. The summed E-state index contributed by atoms with van der Waals surface area (Å²) in [6.07, 6.45) is 10.4. The van der Waals surface area contributed by atoms with Crippen LogP contribution in [0.25, 0.3) is 0 Å². The van der Waals surface area contributed by atoms with Gasteiger partial charge in [-0.15, -0.1) is 0 Å². The van der Waals surface area contributed by atoms with E-state index in [1.165, 1.54) is 38.5 Å². The summed E-state index contributed by atoms with van der Waals surface area (Å²) in [6, 6.07) is 0. The van der Waals surface area contributed by atoms with Gasteiger partial charge in [-0.1, -0.05) is 52.4 Å². The van der Waals surface area contributed by atoms with Crippen molar-refractivity contribution in [3.8, 4) is 0 Å². The van der Waals surface area contributed by atoms with Crippen molar-refractivity contribution in [2.75, 3.05) is 12.9 Å². The maximum atomic E-state index is 11.3. The van der Waals surface area contributed by atoms with Crippen LogP contribution in [0.3, 0.4) is 0 Å². The van der Waals surface area contributed by atoms with Gasteiger partial charge in [0, 0.05) is 6.42 Å². The smallest absolute Gasteiger partial charge is 0.264 e. The lowest BCUT2D eigenvalue weighted by Gasteiger charge is -2.31. The molecule has 0 N–H and O–H groups in total. The van der Waals surface area contributed by atoms with E-state index >= 15 is 0 Å². The van der Waals surface area contributed by atoms with Crippen molar-refractivity contribution in [2.45, 2.75) is 104 Å². The Morgan fingerprint density at radius 2 is 1.58 bits per heavy atom. The molecule has 1 atom stereocenters. The SMILES string of the molecule is CCCCCC[C@H](CC)CC(C)(C)OCCC(C)(C)OS(C)(=O)=O. The van der Waals surface area contributed by atoms with Crippen LogP contribution in [0.4, 0.5) is 0 Å². The molecule has 0 aliphatic carbocycles. The summed E-state index contributed by atoms with van der Waals surface area (Å²) in [7, 11) is -3.44. The molecule has 0 saturated heterocycles. The second-order valence-corrected chi connectivity index (χ2v) is 9.81. The van der Waals surface area contributed by atoms with Gasteiger partial charge >= 0.3 is 0 Å². The highest BCUT2D eigenvalue weighted by Gasteiger charge is 2.27. The van der Waals surface area contributed by atoms with Crippen molar-refractivity contribution in [2.24, 2.45) is 5.92 Å². The molecular formula is C19H40O4S. The quantitative estimate of drug-likeness (QED) is 0.309. The first kappa shape index (κ1) is 23.9. The van der Waals surface area contributed by atoms with Gasteiger partial charge in [-0.25, -0.2) is 0 Å². The van der Waals surface area contributed by atoms with Gasteiger partial charge in [0.2, 0.25) is 0 Å². The molecular weight excluding hydrogens is 324 g/mol. The van der Waals surface area contributed by atoms with Crippen LogP contribution >= 0.6 is 0 Å². The van der Waals surface area contributed by atoms with Crippen LogP contribution in [0.15, 0.2) is 0 Å². The molecule has 0 aliphatic heterocycles. The van der Waals surface area contributed by atoms with Crippen LogP contribution in [0.5, 0.6) is 0 Å². The van der Waals surface area contributed by atoms with Crippen molar-refractivity contribution in [3.05, 3.63) is 0 Å². The monoisotopic (exact) mass is 364 g/mol. The van der Waals surface area contributed by atoms with Crippen LogP contribution in [0, 0.1) is 5.92 Å². The summed E-state index contributed by atoms with van der Waals surface area (Å²) in [5, 5.41) is 0. The Bertz CT molecular complexity index is 427. The zero-order valence-corrected chi connectivity index (χ0v) is 17.8. The minimum atomic E-state index is -3.44. The highest BCUT2D eigenvalue weighted by atomic mass is 32.2. The number of hydrogen-bond donors (Lipinski definition) is 0. The zero-order chi connectivity index (χ0) is 18.9. The number of ether oxygens (including phenoxy) is 1. The van der Waals surface area contributed by atoms with Crippen molar-refractivity contribution >= 4 is 10.1 Å². The van der Waals surface area contributed by atoms with Crippen LogP contribution in [0.2, 0.25) is 0 Å². The molecule has 24 heavy (non-hydrogen) atoms. The molecule has 0 rings (SSSR count). The van der Waals surface area contributed by atoms with Crippen molar-refractivity contribution in [1.82, 2.24) is 0 Å². The lowest BCUT2D eigenvalue weighted by Crippen LogP contribution is -2.33. The predicted octanol–water partition coefficient (Wildman–Crippen LogP) is 5.31. The summed E-state index contributed by atoms with van der Waals surface area (Å²) >= 11 is 0. The summed E-state index contributed by atoms with van der Waals surface area (Å²) in [5.74, 6) is 0.692. The minimum absolute atomic E-state index is 0.188. The first-order valence-electron chi connectivity index (χ1n) is 9.45. The summed E-state index contributed by atoms with van der Waals surface area (Å²) < 4.78 is 33.7. The topological polar surface area (TPSA) is 52.6 Å². The van der Waals surface area contributed by atoms with E-state index in [0.717, 1.165) is 12.7 Å². The maximum Gasteiger partial charge on any atom is 0.264 e. The molecule has 0 heterocycles. The van der Waals surface area contributed by atoms with E-state index in [1.807, 2.05) is 0 Å². The van der Waals surface area contributed by atoms with Gasteiger partial charge in [-0.2, -0.15) is 8.42 Å². The molecule has 0 aromatic rings. The lowest BCUT2D eigenvalue weighted by molar-refractivity contribution is -0.0531. The van der Waals surface area contributed by atoms with Crippen molar-refractivity contribution in [3.63, 3.8) is 0 Å². The van der Waals surface area contributed by atoms with Crippen molar-refractivity contribution < 1.29 is 17.3 Å². The fourth-order valence-electron chi connectivity index (χ4n) is 3.09. The van der Waals surface area contributed by atoms with Crippen LogP contribution in [-0.4, -0.2) is 32.5 Å². The molecule has 4 nitrogen and oxygen atoms in total. The first-order chi connectivity index (χ1) is 10.9. The van der Waals surface area contributed by atoms with Gasteiger partial charge in [0.05, 0.1) is 24.1 Å². The molecule has 0 saturated carbocycles. The van der Waals surface area contributed by atoms with E-state index in [1.54, 1.807) is 13.8 Å².